The molecule has 2 fully saturated rings. The first kappa shape index (κ1) is 17.2. The molecule has 4 heteroatoms. The summed E-state index contributed by atoms with van der Waals surface area (Å²) in [6.07, 6.45) is 5.92. The molecule has 21 heavy (non-hydrogen) atoms. The third kappa shape index (κ3) is 4.19. The van der Waals surface area contributed by atoms with E-state index in [9.17, 15) is 15.3 Å². The lowest BCUT2D eigenvalue weighted by Crippen LogP contribution is -2.51. The topological polar surface area (TPSA) is 69.9 Å². The summed E-state index contributed by atoms with van der Waals surface area (Å²) in [4.78, 5) is 0. The minimum atomic E-state index is -0.744. The Morgan fingerprint density at radius 2 is 1.52 bits per heavy atom. The lowest BCUT2D eigenvalue weighted by atomic mass is 9.67. The second-order valence-electron chi connectivity index (χ2n) is 8.15. The smallest absolute Gasteiger partial charge is 0.0722 e. The van der Waals surface area contributed by atoms with Crippen molar-refractivity contribution in [2.45, 2.75) is 95.5 Å². The number of ether oxygens (including phenoxy) is 1. The molecule has 124 valence electrons. The monoisotopic (exact) mass is 300 g/mol. The molecule has 0 spiro atoms. The Labute approximate surface area is 128 Å². The normalized spacial score (nSPS) is 42.0. The van der Waals surface area contributed by atoms with Crippen molar-refractivity contribution in [2.24, 2.45) is 5.41 Å². The second kappa shape index (κ2) is 6.15. The molecular formula is C17H32O4. The zero-order valence-corrected chi connectivity index (χ0v) is 13.8. The molecule has 2 rings (SSSR count). The third-order valence-corrected chi connectivity index (χ3v) is 5.73. The van der Waals surface area contributed by atoms with Crippen LogP contribution in [0.2, 0.25) is 0 Å². The minimum Gasteiger partial charge on any atom is -0.393 e. The summed E-state index contributed by atoms with van der Waals surface area (Å²) in [5.74, 6) is 0. The molecular weight excluding hydrogens is 268 g/mol. The van der Waals surface area contributed by atoms with Crippen LogP contribution in [0.4, 0.5) is 0 Å². The highest BCUT2D eigenvalue weighted by Gasteiger charge is 2.46. The fourth-order valence-electron chi connectivity index (χ4n) is 3.60. The number of rotatable bonds is 4. The average Bonchev–Trinajstić information content (AvgIpc) is 2.41. The van der Waals surface area contributed by atoms with Crippen molar-refractivity contribution < 1.29 is 20.1 Å². The largest absolute Gasteiger partial charge is 0.393 e. The van der Waals surface area contributed by atoms with Crippen LogP contribution in [0.15, 0.2) is 0 Å². The zero-order valence-electron chi connectivity index (χ0n) is 13.8. The highest BCUT2D eigenvalue weighted by molar-refractivity contribution is 4.97. The quantitative estimate of drug-likeness (QED) is 0.745. The maximum Gasteiger partial charge on any atom is 0.0722 e. The summed E-state index contributed by atoms with van der Waals surface area (Å²) in [6, 6.07) is 0. The molecule has 0 aromatic heterocycles. The van der Waals surface area contributed by atoms with E-state index in [2.05, 4.69) is 13.8 Å². The second-order valence-corrected chi connectivity index (χ2v) is 8.15. The molecule has 3 N–H and O–H groups in total. The molecule has 0 atom stereocenters. The van der Waals surface area contributed by atoms with Gasteiger partial charge in [0.2, 0.25) is 0 Å². The summed E-state index contributed by atoms with van der Waals surface area (Å²) in [5.41, 5.74) is -1.59. The molecule has 0 aromatic rings. The molecule has 0 bridgehead atoms. The maximum absolute atomic E-state index is 10.9. The Hall–Kier alpha value is -0.160. The zero-order chi connectivity index (χ0) is 15.7. The van der Waals surface area contributed by atoms with Crippen molar-refractivity contribution in [3.8, 4) is 0 Å². The molecule has 2 saturated carbocycles. The Kier molecular flexibility index (Phi) is 5.04. The first-order valence-corrected chi connectivity index (χ1v) is 8.38. The van der Waals surface area contributed by atoms with Crippen LogP contribution >= 0.6 is 0 Å². The summed E-state index contributed by atoms with van der Waals surface area (Å²) < 4.78 is 6.05. The molecule has 0 saturated heterocycles. The first-order chi connectivity index (χ1) is 9.64. The van der Waals surface area contributed by atoms with Crippen molar-refractivity contribution in [3.63, 3.8) is 0 Å². The molecule has 0 aromatic carbocycles. The maximum atomic E-state index is 10.9. The van der Waals surface area contributed by atoms with Crippen LogP contribution in [0.3, 0.4) is 0 Å². The van der Waals surface area contributed by atoms with Gasteiger partial charge in [-0.1, -0.05) is 13.8 Å². The average molecular weight is 300 g/mol. The van der Waals surface area contributed by atoms with Gasteiger partial charge in [0, 0.05) is 5.41 Å². The molecule has 0 aliphatic heterocycles. The predicted octanol–water partition coefficient (Wildman–Crippen LogP) is 2.39. The van der Waals surface area contributed by atoms with Gasteiger partial charge in [-0.2, -0.15) is 0 Å². The van der Waals surface area contributed by atoms with Gasteiger partial charge in [-0.05, 0) is 58.3 Å². The molecule has 0 amide bonds. The summed E-state index contributed by atoms with van der Waals surface area (Å²) in [6.45, 7) is 6.54. The van der Waals surface area contributed by atoms with Crippen LogP contribution in [0.1, 0.15) is 72.1 Å². The Balaban J connectivity index is 1.84. The number of aliphatic hydroxyl groups excluding tert-OH is 1. The van der Waals surface area contributed by atoms with Gasteiger partial charge < -0.3 is 20.1 Å². The van der Waals surface area contributed by atoms with Crippen molar-refractivity contribution in [1.29, 1.82) is 0 Å². The molecule has 0 unspecified atom stereocenters. The van der Waals surface area contributed by atoms with Crippen LogP contribution in [0.5, 0.6) is 0 Å². The SMILES string of the molecule is CC1(O)CCC(OCC(C)(C)C2(O)CCC(O)CC2)CC1. The molecule has 0 heterocycles. The third-order valence-electron chi connectivity index (χ3n) is 5.73. The standard InChI is InChI=1S/C17H32O4/c1-15(2,17(20)10-4-13(18)5-11-17)12-21-14-6-8-16(3,19)9-7-14/h13-14,18-20H,4-12H2,1-3H3. The lowest BCUT2D eigenvalue weighted by molar-refractivity contribution is -0.152. The molecule has 2 aliphatic carbocycles. The summed E-state index contributed by atoms with van der Waals surface area (Å²) in [5, 5.41) is 30.5. The fraction of sp³-hybridized carbons (Fsp3) is 1.00. The van der Waals surface area contributed by atoms with E-state index in [4.69, 9.17) is 4.74 Å². The van der Waals surface area contributed by atoms with Crippen LogP contribution in [0.25, 0.3) is 0 Å². The van der Waals surface area contributed by atoms with Crippen molar-refractivity contribution in [3.05, 3.63) is 0 Å². The van der Waals surface area contributed by atoms with Crippen molar-refractivity contribution in [2.75, 3.05) is 6.61 Å². The summed E-state index contributed by atoms with van der Waals surface area (Å²) in [7, 11) is 0. The van der Waals surface area contributed by atoms with E-state index >= 15 is 0 Å². The van der Waals surface area contributed by atoms with E-state index < -0.39 is 11.2 Å². The molecule has 4 nitrogen and oxygen atoms in total. The summed E-state index contributed by atoms with van der Waals surface area (Å²) >= 11 is 0. The predicted molar refractivity (Wildman–Crippen MR) is 82.0 cm³/mol. The van der Waals surface area contributed by atoms with E-state index in [0.717, 1.165) is 25.7 Å². The Bertz CT molecular complexity index is 333. The van der Waals surface area contributed by atoms with Gasteiger partial charge in [-0.15, -0.1) is 0 Å². The molecule has 2 aliphatic rings. The van der Waals surface area contributed by atoms with Crippen LogP contribution in [0, 0.1) is 5.41 Å². The van der Waals surface area contributed by atoms with Gasteiger partial charge in [-0.25, -0.2) is 0 Å². The number of hydrogen-bond acceptors (Lipinski definition) is 4. The van der Waals surface area contributed by atoms with E-state index in [-0.39, 0.29) is 17.6 Å². The molecule has 0 radical (unpaired) electrons. The van der Waals surface area contributed by atoms with Crippen molar-refractivity contribution in [1.82, 2.24) is 0 Å². The van der Waals surface area contributed by atoms with Gasteiger partial charge in [0.15, 0.2) is 0 Å². The van der Waals surface area contributed by atoms with E-state index in [1.165, 1.54) is 0 Å². The Morgan fingerprint density at radius 3 is 2.05 bits per heavy atom. The number of hydrogen-bond donors (Lipinski definition) is 3. The highest BCUT2D eigenvalue weighted by atomic mass is 16.5. The van der Waals surface area contributed by atoms with Gasteiger partial charge in [0.05, 0.1) is 30.0 Å². The minimum absolute atomic E-state index is 0.197. The van der Waals surface area contributed by atoms with E-state index in [1.54, 1.807) is 0 Å². The first-order valence-electron chi connectivity index (χ1n) is 8.38. The highest BCUT2D eigenvalue weighted by Crippen LogP contribution is 2.43. The van der Waals surface area contributed by atoms with E-state index in [0.29, 0.717) is 32.3 Å². The fourth-order valence-corrected chi connectivity index (χ4v) is 3.60. The van der Waals surface area contributed by atoms with Gasteiger partial charge >= 0.3 is 0 Å². The van der Waals surface area contributed by atoms with Gasteiger partial charge in [0.1, 0.15) is 0 Å². The van der Waals surface area contributed by atoms with Crippen LogP contribution < -0.4 is 0 Å². The number of aliphatic hydroxyl groups is 3. The van der Waals surface area contributed by atoms with Gasteiger partial charge in [0.25, 0.3) is 0 Å². The van der Waals surface area contributed by atoms with Crippen LogP contribution in [-0.2, 0) is 4.74 Å². The van der Waals surface area contributed by atoms with Gasteiger partial charge in [-0.3, -0.25) is 0 Å². The van der Waals surface area contributed by atoms with E-state index in [1.807, 2.05) is 6.92 Å². The lowest BCUT2D eigenvalue weighted by Gasteiger charge is -2.46. The Morgan fingerprint density at radius 1 is 1.00 bits per heavy atom. The van der Waals surface area contributed by atoms with Crippen LogP contribution in [-0.4, -0.2) is 45.3 Å². The van der Waals surface area contributed by atoms with Crippen molar-refractivity contribution >= 4 is 0 Å².